The Kier molecular flexibility index (Phi) is 3.74. The first kappa shape index (κ1) is 13.2. The standard InChI is InChI=1S/C7H6Cl2N2O4S/c8-7(9,16(13,14)15)6(12)11-5-3-1-2-4-10-5/h1-4H,(H,10,11,12)(H,13,14,15). The zero-order valence-corrected chi connectivity index (χ0v) is 9.92. The molecule has 0 spiro atoms. The summed E-state index contributed by atoms with van der Waals surface area (Å²) in [4.78, 5) is 15.0. The van der Waals surface area contributed by atoms with E-state index in [1.54, 1.807) is 12.1 Å². The fourth-order valence-corrected chi connectivity index (χ4v) is 1.12. The summed E-state index contributed by atoms with van der Waals surface area (Å²) >= 11 is 10.4. The molecule has 1 heterocycles. The summed E-state index contributed by atoms with van der Waals surface area (Å²) in [5.74, 6) is -1.25. The Morgan fingerprint density at radius 3 is 2.50 bits per heavy atom. The van der Waals surface area contributed by atoms with E-state index in [-0.39, 0.29) is 5.82 Å². The molecule has 1 amide bonds. The monoisotopic (exact) mass is 284 g/mol. The highest BCUT2D eigenvalue weighted by Crippen LogP contribution is 2.28. The second kappa shape index (κ2) is 4.54. The van der Waals surface area contributed by atoms with E-state index in [9.17, 15) is 13.2 Å². The predicted molar refractivity (Wildman–Crippen MR) is 58.9 cm³/mol. The number of nitrogens with one attached hydrogen (secondary N) is 1. The van der Waals surface area contributed by atoms with Crippen LogP contribution in [0.1, 0.15) is 0 Å². The highest BCUT2D eigenvalue weighted by molar-refractivity contribution is 7.91. The number of pyridine rings is 1. The van der Waals surface area contributed by atoms with Gasteiger partial charge in [-0.1, -0.05) is 29.3 Å². The third kappa shape index (κ3) is 2.82. The van der Waals surface area contributed by atoms with Crippen LogP contribution < -0.4 is 5.32 Å². The first-order valence-corrected chi connectivity index (χ1v) is 6.02. The minimum absolute atomic E-state index is 0.0572. The number of anilines is 1. The fraction of sp³-hybridized carbons (Fsp3) is 0.143. The van der Waals surface area contributed by atoms with Crippen molar-refractivity contribution in [1.29, 1.82) is 0 Å². The Bertz CT molecular complexity index is 488. The summed E-state index contributed by atoms with van der Waals surface area (Å²) in [5, 5.41) is 2.04. The minimum atomic E-state index is -4.93. The van der Waals surface area contributed by atoms with Gasteiger partial charge in [0.1, 0.15) is 5.82 Å². The number of amides is 1. The zero-order chi connectivity index (χ0) is 12.4. The second-order valence-corrected chi connectivity index (χ2v) is 6.00. The van der Waals surface area contributed by atoms with Crippen LogP contribution in [0.25, 0.3) is 0 Å². The summed E-state index contributed by atoms with van der Waals surface area (Å²) in [5.41, 5.74) is 0. The van der Waals surface area contributed by atoms with Gasteiger partial charge in [-0.3, -0.25) is 9.35 Å². The first-order chi connectivity index (χ1) is 7.25. The maximum Gasteiger partial charge on any atom is 0.321 e. The summed E-state index contributed by atoms with van der Waals surface area (Å²) in [6.45, 7) is 0. The van der Waals surface area contributed by atoms with Gasteiger partial charge in [-0.25, -0.2) is 4.98 Å². The largest absolute Gasteiger partial charge is 0.321 e. The molecule has 16 heavy (non-hydrogen) atoms. The van der Waals surface area contributed by atoms with Crippen molar-refractivity contribution in [2.24, 2.45) is 0 Å². The number of alkyl halides is 2. The lowest BCUT2D eigenvalue weighted by Gasteiger charge is -2.14. The fourth-order valence-electron chi connectivity index (χ4n) is 0.743. The van der Waals surface area contributed by atoms with E-state index in [1.165, 1.54) is 12.3 Å². The van der Waals surface area contributed by atoms with Gasteiger partial charge in [0.25, 0.3) is 5.91 Å². The number of hydrogen-bond donors (Lipinski definition) is 2. The van der Waals surface area contributed by atoms with E-state index in [1.807, 2.05) is 5.32 Å². The molecule has 2 N–H and O–H groups in total. The van der Waals surface area contributed by atoms with Crippen LogP contribution in [0.2, 0.25) is 0 Å². The molecule has 0 aliphatic carbocycles. The van der Waals surface area contributed by atoms with Gasteiger partial charge in [0, 0.05) is 6.20 Å². The summed E-state index contributed by atoms with van der Waals surface area (Å²) in [6, 6.07) is 4.54. The van der Waals surface area contributed by atoms with Gasteiger partial charge in [-0.2, -0.15) is 8.42 Å². The van der Waals surface area contributed by atoms with Crippen molar-refractivity contribution >= 4 is 45.0 Å². The molecular formula is C7H6Cl2N2O4S. The molecule has 1 aromatic rings. The lowest BCUT2D eigenvalue weighted by atomic mass is 10.4. The van der Waals surface area contributed by atoms with E-state index in [4.69, 9.17) is 27.8 Å². The molecule has 0 bridgehead atoms. The molecule has 0 radical (unpaired) electrons. The summed E-state index contributed by atoms with van der Waals surface area (Å²) in [7, 11) is -4.93. The molecule has 0 fully saturated rings. The van der Waals surface area contributed by atoms with Gasteiger partial charge >= 0.3 is 13.8 Å². The van der Waals surface area contributed by atoms with Crippen LogP contribution in [0.4, 0.5) is 5.82 Å². The van der Waals surface area contributed by atoms with Crippen LogP contribution >= 0.6 is 23.2 Å². The molecule has 0 unspecified atom stereocenters. The zero-order valence-electron chi connectivity index (χ0n) is 7.59. The van der Waals surface area contributed by atoms with Crippen molar-refractivity contribution in [3.8, 4) is 0 Å². The summed E-state index contributed by atoms with van der Waals surface area (Å²) < 4.78 is 27.0. The van der Waals surface area contributed by atoms with Crippen LogP contribution in [0, 0.1) is 0 Å². The smallest absolute Gasteiger partial charge is 0.307 e. The average molecular weight is 285 g/mol. The van der Waals surface area contributed by atoms with Gasteiger partial charge in [-0.05, 0) is 12.1 Å². The molecule has 0 aromatic carbocycles. The maximum atomic E-state index is 11.3. The number of rotatable bonds is 3. The van der Waals surface area contributed by atoms with Crippen LogP contribution in [-0.4, -0.2) is 27.5 Å². The van der Waals surface area contributed by atoms with E-state index < -0.39 is 19.7 Å². The molecule has 0 aliphatic rings. The molecular weight excluding hydrogens is 279 g/mol. The van der Waals surface area contributed by atoms with Crippen molar-refractivity contribution in [1.82, 2.24) is 4.98 Å². The number of aromatic nitrogens is 1. The van der Waals surface area contributed by atoms with E-state index >= 15 is 0 Å². The average Bonchev–Trinajstić information content (AvgIpc) is 2.17. The highest BCUT2D eigenvalue weighted by atomic mass is 35.5. The molecule has 1 rings (SSSR count). The van der Waals surface area contributed by atoms with E-state index in [0.717, 1.165) is 0 Å². The highest BCUT2D eigenvalue weighted by Gasteiger charge is 2.47. The van der Waals surface area contributed by atoms with Crippen LogP contribution in [-0.2, 0) is 14.9 Å². The quantitative estimate of drug-likeness (QED) is 0.639. The van der Waals surface area contributed by atoms with Crippen LogP contribution in [0.5, 0.6) is 0 Å². The van der Waals surface area contributed by atoms with Crippen molar-refractivity contribution in [3.63, 3.8) is 0 Å². The van der Waals surface area contributed by atoms with Gasteiger partial charge in [0.15, 0.2) is 0 Å². The molecule has 0 aliphatic heterocycles. The molecule has 0 saturated carbocycles. The minimum Gasteiger partial charge on any atom is -0.307 e. The topological polar surface area (TPSA) is 96.4 Å². The lowest BCUT2D eigenvalue weighted by molar-refractivity contribution is -0.115. The normalized spacial score (nSPS) is 12.2. The van der Waals surface area contributed by atoms with Crippen molar-refractivity contribution in [3.05, 3.63) is 24.4 Å². The third-order valence-corrected chi connectivity index (χ3v) is 3.84. The van der Waals surface area contributed by atoms with Gasteiger partial charge in [0.05, 0.1) is 0 Å². The summed E-state index contributed by atoms with van der Waals surface area (Å²) in [6.07, 6.45) is 1.37. The van der Waals surface area contributed by atoms with Crippen molar-refractivity contribution in [2.45, 2.75) is 3.67 Å². The Morgan fingerprint density at radius 1 is 1.44 bits per heavy atom. The first-order valence-electron chi connectivity index (χ1n) is 3.82. The molecule has 6 nitrogen and oxygen atoms in total. The number of carbonyl (C=O) groups excluding carboxylic acids is 1. The maximum absolute atomic E-state index is 11.3. The number of nitrogens with zero attached hydrogens (tertiary/aromatic N) is 1. The number of hydrogen-bond acceptors (Lipinski definition) is 4. The molecule has 0 atom stereocenters. The predicted octanol–water partition coefficient (Wildman–Crippen LogP) is 1.04. The second-order valence-electron chi connectivity index (χ2n) is 2.66. The van der Waals surface area contributed by atoms with Gasteiger partial charge < -0.3 is 5.32 Å². The Balaban J connectivity index is 2.90. The molecule has 0 saturated heterocycles. The Labute approximate surface area is 101 Å². The van der Waals surface area contributed by atoms with E-state index in [0.29, 0.717) is 0 Å². The van der Waals surface area contributed by atoms with Crippen molar-refractivity contribution < 1.29 is 17.8 Å². The van der Waals surface area contributed by atoms with Crippen molar-refractivity contribution in [2.75, 3.05) is 5.32 Å². The van der Waals surface area contributed by atoms with Crippen LogP contribution in [0.3, 0.4) is 0 Å². The third-order valence-electron chi connectivity index (χ3n) is 1.49. The molecule has 9 heteroatoms. The molecule has 1 aromatic heterocycles. The van der Waals surface area contributed by atoms with E-state index in [2.05, 4.69) is 4.98 Å². The Morgan fingerprint density at radius 2 is 2.06 bits per heavy atom. The lowest BCUT2D eigenvalue weighted by Crippen LogP contribution is -2.39. The number of halogens is 2. The molecule has 88 valence electrons. The number of carbonyl (C=O) groups is 1. The SMILES string of the molecule is O=C(Nc1ccccn1)C(Cl)(Cl)S(=O)(=O)O. The van der Waals surface area contributed by atoms with Gasteiger partial charge in [0.2, 0.25) is 0 Å². The Hall–Kier alpha value is -0.890. The van der Waals surface area contributed by atoms with Gasteiger partial charge in [-0.15, -0.1) is 0 Å². The van der Waals surface area contributed by atoms with Crippen LogP contribution in [0.15, 0.2) is 24.4 Å².